The van der Waals surface area contributed by atoms with Crippen molar-refractivity contribution in [3.05, 3.63) is 29.3 Å². The van der Waals surface area contributed by atoms with Gasteiger partial charge in [0.05, 0.1) is 11.5 Å². The number of carbonyl (C=O) groups excluding carboxylic acids is 2. The fourth-order valence-corrected chi connectivity index (χ4v) is 3.48. The average Bonchev–Trinajstić information content (AvgIpc) is 3.09. The van der Waals surface area contributed by atoms with Gasteiger partial charge >= 0.3 is 0 Å². The molecule has 0 aliphatic carbocycles. The molecular formula is C17H22ClN3O3. The number of halogens is 1. The topological polar surface area (TPSA) is 72.9 Å². The number of likely N-dealkylation sites (N-methyl/N-ethyl adjacent to an activating group) is 1. The van der Waals surface area contributed by atoms with Crippen molar-refractivity contribution < 1.29 is 14.7 Å². The first kappa shape index (κ1) is 17.2. The van der Waals surface area contributed by atoms with Gasteiger partial charge in [-0.15, -0.1) is 0 Å². The van der Waals surface area contributed by atoms with Crippen molar-refractivity contribution in [1.82, 2.24) is 10.2 Å². The molecule has 2 fully saturated rings. The third-order valence-electron chi connectivity index (χ3n) is 4.75. The van der Waals surface area contributed by atoms with Gasteiger partial charge in [0.1, 0.15) is 0 Å². The van der Waals surface area contributed by atoms with Crippen LogP contribution in [-0.2, 0) is 9.59 Å². The molecule has 6 nitrogen and oxygen atoms in total. The quantitative estimate of drug-likeness (QED) is 0.844. The van der Waals surface area contributed by atoms with Crippen molar-refractivity contribution in [3.8, 4) is 0 Å². The fourth-order valence-electron chi connectivity index (χ4n) is 3.35. The number of β-amino-alcohol motifs (C(OH)–C–C–N with tert-alkyl or cyclic N) is 1. The number of anilines is 1. The molecule has 1 aromatic rings. The Morgan fingerprint density at radius 1 is 1.42 bits per heavy atom. The molecule has 0 saturated carbocycles. The molecule has 24 heavy (non-hydrogen) atoms. The second-order valence-corrected chi connectivity index (χ2v) is 7.25. The van der Waals surface area contributed by atoms with E-state index in [1.165, 1.54) is 0 Å². The van der Waals surface area contributed by atoms with Gasteiger partial charge in [-0.3, -0.25) is 9.59 Å². The lowest BCUT2D eigenvalue weighted by Crippen LogP contribution is -2.46. The number of nitrogens with zero attached hydrogens (tertiary/aromatic N) is 2. The third-order valence-corrected chi connectivity index (χ3v) is 5.00. The predicted octanol–water partition coefficient (Wildman–Crippen LogP) is 0.876. The summed E-state index contributed by atoms with van der Waals surface area (Å²) in [4.78, 5) is 28.2. The Morgan fingerprint density at radius 3 is 2.75 bits per heavy atom. The van der Waals surface area contributed by atoms with Crippen LogP contribution in [0.4, 0.5) is 5.69 Å². The van der Waals surface area contributed by atoms with E-state index in [1.54, 1.807) is 29.2 Å². The van der Waals surface area contributed by atoms with E-state index < -0.39 is 11.5 Å². The number of aliphatic hydroxyl groups is 1. The normalized spacial score (nSPS) is 27.7. The first-order valence-electron chi connectivity index (χ1n) is 8.11. The number of hydrogen-bond acceptors (Lipinski definition) is 4. The van der Waals surface area contributed by atoms with E-state index in [0.717, 1.165) is 12.2 Å². The van der Waals surface area contributed by atoms with Crippen LogP contribution in [0.2, 0.25) is 5.02 Å². The smallest absolute Gasteiger partial charge is 0.227 e. The Hall–Kier alpha value is -1.63. The summed E-state index contributed by atoms with van der Waals surface area (Å²) in [6, 6.07) is 7.00. The van der Waals surface area contributed by atoms with Crippen LogP contribution in [0.15, 0.2) is 24.3 Å². The molecule has 0 aromatic heterocycles. The van der Waals surface area contributed by atoms with Crippen LogP contribution in [0.25, 0.3) is 0 Å². The highest BCUT2D eigenvalue weighted by molar-refractivity contribution is 6.30. The predicted molar refractivity (Wildman–Crippen MR) is 92.0 cm³/mol. The van der Waals surface area contributed by atoms with Crippen molar-refractivity contribution in [2.75, 3.05) is 38.1 Å². The first-order chi connectivity index (χ1) is 11.4. The van der Waals surface area contributed by atoms with Crippen molar-refractivity contribution in [2.24, 2.45) is 5.92 Å². The minimum absolute atomic E-state index is 0.0724. The molecule has 0 radical (unpaired) electrons. The number of carbonyl (C=O) groups is 2. The number of nitrogens with one attached hydrogen (secondary N) is 1. The molecule has 2 unspecified atom stereocenters. The molecule has 2 saturated heterocycles. The molecule has 2 amide bonds. The molecule has 2 heterocycles. The van der Waals surface area contributed by atoms with E-state index >= 15 is 0 Å². The fraction of sp³-hybridized carbons (Fsp3) is 0.529. The molecule has 2 N–H and O–H groups in total. The van der Waals surface area contributed by atoms with Crippen LogP contribution in [-0.4, -0.2) is 60.6 Å². The Labute approximate surface area is 146 Å². The van der Waals surface area contributed by atoms with Gasteiger partial charge in [-0.2, -0.15) is 0 Å². The zero-order chi connectivity index (χ0) is 17.3. The molecule has 2 aliphatic rings. The zero-order valence-corrected chi connectivity index (χ0v) is 14.4. The number of likely N-dealkylation sites (tertiary alicyclic amines) is 1. The molecule has 0 spiro atoms. The van der Waals surface area contributed by atoms with E-state index in [-0.39, 0.29) is 24.8 Å². The lowest BCUT2D eigenvalue weighted by molar-refractivity contribution is -0.127. The number of benzene rings is 1. The SMILES string of the molecule is CN1CCC(O)(CNC(=O)C2CC(=O)N(c3ccc(Cl)cc3)C2)C1. The molecule has 3 rings (SSSR count). The van der Waals surface area contributed by atoms with E-state index in [0.29, 0.717) is 24.5 Å². The molecule has 130 valence electrons. The summed E-state index contributed by atoms with van der Waals surface area (Å²) < 4.78 is 0. The molecule has 0 bridgehead atoms. The minimum Gasteiger partial charge on any atom is -0.387 e. The van der Waals surface area contributed by atoms with Gasteiger partial charge in [0.2, 0.25) is 11.8 Å². The summed E-state index contributed by atoms with van der Waals surface area (Å²) >= 11 is 5.87. The van der Waals surface area contributed by atoms with Gasteiger partial charge in [-0.25, -0.2) is 0 Å². The lowest BCUT2D eigenvalue weighted by Gasteiger charge is -2.23. The highest BCUT2D eigenvalue weighted by atomic mass is 35.5. The molecular weight excluding hydrogens is 330 g/mol. The van der Waals surface area contributed by atoms with Gasteiger partial charge < -0.3 is 20.2 Å². The summed E-state index contributed by atoms with van der Waals surface area (Å²) in [5, 5.41) is 13.8. The Bertz CT molecular complexity index is 636. The van der Waals surface area contributed by atoms with Crippen LogP contribution in [0.5, 0.6) is 0 Å². The maximum absolute atomic E-state index is 12.4. The second kappa shape index (κ2) is 6.70. The summed E-state index contributed by atoms with van der Waals surface area (Å²) in [6.45, 7) is 1.94. The van der Waals surface area contributed by atoms with Crippen molar-refractivity contribution in [2.45, 2.75) is 18.4 Å². The average molecular weight is 352 g/mol. The van der Waals surface area contributed by atoms with Gasteiger partial charge in [-0.1, -0.05) is 11.6 Å². The number of hydrogen-bond donors (Lipinski definition) is 2. The van der Waals surface area contributed by atoms with Gasteiger partial charge in [0, 0.05) is 43.3 Å². The second-order valence-electron chi connectivity index (χ2n) is 6.81. The molecule has 2 atom stereocenters. The summed E-state index contributed by atoms with van der Waals surface area (Å²) in [7, 11) is 1.94. The Balaban J connectivity index is 1.57. The van der Waals surface area contributed by atoms with Crippen LogP contribution >= 0.6 is 11.6 Å². The van der Waals surface area contributed by atoms with Gasteiger partial charge in [0.25, 0.3) is 0 Å². The standard InChI is InChI=1S/C17H22ClN3O3/c1-20-7-6-17(24,11-20)10-19-16(23)12-8-15(22)21(9-12)14-4-2-13(18)3-5-14/h2-5,12,24H,6-11H2,1H3,(H,19,23). The van der Waals surface area contributed by atoms with Crippen LogP contribution in [0, 0.1) is 5.92 Å². The summed E-state index contributed by atoms with van der Waals surface area (Å²) in [6.07, 6.45) is 0.830. The van der Waals surface area contributed by atoms with Crippen molar-refractivity contribution in [3.63, 3.8) is 0 Å². The van der Waals surface area contributed by atoms with E-state index in [9.17, 15) is 14.7 Å². The van der Waals surface area contributed by atoms with E-state index in [1.807, 2.05) is 11.9 Å². The van der Waals surface area contributed by atoms with Gasteiger partial charge in [-0.05, 0) is 37.7 Å². The highest BCUT2D eigenvalue weighted by Crippen LogP contribution is 2.26. The number of rotatable bonds is 4. The van der Waals surface area contributed by atoms with E-state index in [4.69, 9.17) is 11.6 Å². The Morgan fingerprint density at radius 2 is 2.12 bits per heavy atom. The molecule has 1 aromatic carbocycles. The van der Waals surface area contributed by atoms with Gasteiger partial charge in [0.15, 0.2) is 0 Å². The van der Waals surface area contributed by atoms with Crippen LogP contribution < -0.4 is 10.2 Å². The van der Waals surface area contributed by atoms with E-state index in [2.05, 4.69) is 5.32 Å². The highest BCUT2D eigenvalue weighted by Gasteiger charge is 2.38. The third kappa shape index (κ3) is 3.71. The van der Waals surface area contributed by atoms with Crippen LogP contribution in [0.1, 0.15) is 12.8 Å². The molecule has 7 heteroatoms. The first-order valence-corrected chi connectivity index (χ1v) is 8.49. The minimum atomic E-state index is -0.872. The van der Waals surface area contributed by atoms with Crippen LogP contribution in [0.3, 0.4) is 0 Å². The largest absolute Gasteiger partial charge is 0.387 e. The maximum Gasteiger partial charge on any atom is 0.227 e. The molecule has 2 aliphatic heterocycles. The van der Waals surface area contributed by atoms with Crippen molar-refractivity contribution in [1.29, 1.82) is 0 Å². The Kier molecular flexibility index (Phi) is 4.80. The lowest BCUT2D eigenvalue weighted by atomic mass is 10.0. The zero-order valence-electron chi connectivity index (χ0n) is 13.7. The summed E-state index contributed by atoms with van der Waals surface area (Å²) in [5.74, 6) is -0.643. The summed E-state index contributed by atoms with van der Waals surface area (Å²) in [5.41, 5.74) is -0.126. The number of amides is 2. The van der Waals surface area contributed by atoms with Crippen molar-refractivity contribution >= 4 is 29.1 Å². The monoisotopic (exact) mass is 351 g/mol. The maximum atomic E-state index is 12.4.